The van der Waals surface area contributed by atoms with E-state index >= 15 is 0 Å². The maximum absolute atomic E-state index is 6.02. The topological polar surface area (TPSA) is 32.5 Å². The molecule has 0 radical (unpaired) electrons. The first-order chi connectivity index (χ1) is 9.28. The van der Waals surface area contributed by atoms with E-state index in [1.165, 1.54) is 24.2 Å². The summed E-state index contributed by atoms with van der Waals surface area (Å²) in [4.78, 5) is 5.04. The van der Waals surface area contributed by atoms with Crippen LogP contribution in [-0.4, -0.2) is 49.1 Å². The van der Waals surface area contributed by atoms with E-state index in [4.69, 9.17) is 5.73 Å². The van der Waals surface area contributed by atoms with E-state index in [9.17, 15) is 0 Å². The Morgan fingerprint density at radius 2 is 1.68 bits per heavy atom. The van der Waals surface area contributed by atoms with Crippen LogP contribution in [0, 0.1) is 0 Å². The van der Waals surface area contributed by atoms with Gasteiger partial charge < -0.3 is 10.6 Å². The average molecular weight is 261 g/mol. The van der Waals surface area contributed by atoms with Gasteiger partial charge >= 0.3 is 0 Å². The zero-order chi connectivity index (χ0) is 13.7. The van der Waals surface area contributed by atoms with Gasteiger partial charge in [0.2, 0.25) is 0 Å². The lowest BCUT2D eigenvalue weighted by Gasteiger charge is -2.38. The Bertz CT molecular complexity index is 366. The van der Waals surface area contributed by atoms with Gasteiger partial charge in [-0.3, -0.25) is 4.90 Å². The molecule has 0 aromatic heterocycles. The fourth-order valence-electron chi connectivity index (χ4n) is 2.86. The van der Waals surface area contributed by atoms with Crippen LogP contribution in [0.2, 0.25) is 0 Å². The van der Waals surface area contributed by atoms with Crippen molar-refractivity contribution in [2.75, 3.05) is 39.3 Å². The van der Waals surface area contributed by atoms with Crippen LogP contribution >= 0.6 is 0 Å². The van der Waals surface area contributed by atoms with Gasteiger partial charge in [-0.05, 0) is 24.1 Å². The monoisotopic (exact) mass is 261 g/mol. The molecule has 1 heterocycles. The van der Waals surface area contributed by atoms with Crippen molar-refractivity contribution in [3.05, 3.63) is 35.4 Å². The van der Waals surface area contributed by atoms with Crippen molar-refractivity contribution >= 4 is 0 Å². The second-order valence-electron chi connectivity index (χ2n) is 5.32. The highest BCUT2D eigenvalue weighted by Gasteiger charge is 2.23. The SMILES string of the molecule is CCc1ccc(C(CN)N2CCN(CC)CC2)cc1. The van der Waals surface area contributed by atoms with E-state index in [2.05, 4.69) is 47.9 Å². The van der Waals surface area contributed by atoms with Crippen molar-refractivity contribution < 1.29 is 0 Å². The molecule has 2 N–H and O–H groups in total. The highest BCUT2D eigenvalue weighted by Crippen LogP contribution is 2.21. The van der Waals surface area contributed by atoms with E-state index in [-0.39, 0.29) is 0 Å². The quantitative estimate of drug-likeness (QED) is 0.878. The molecule has 0 saturated carbocycles. The van der Waals surface area contributed by atoms with E-state index in [0.29, 0.717) is 12.6 Å². The molecule has 1 aliphatic heterocycles. The summed E-state index contributed by atoms with van der Waals surface area (Å²) in [5.74, 6) is 0. The Hall–Kier alpha value is -0.900. The van der Waals surface area contributed by atoms with Gasteiger partial charge in [-0.25, -0.2) is 0 Å². The second kappa shape index (κ2) is 7.04. The molecular weight excluding hydrogens is 234 g/mol. The maximum atomic E-state index is 6.02. The van der Waals surface area contributed by atoms with Gasteiger partial charge in [-0.1, -0.05) is 38.1 Å². The Kier molecular flexibility index (Phi) is 5.37. The first-order valence-electron chi connectivity index (χ1n) is 7.53. The molecule has 0 bridgehead atoms. The predicted molar refractivity (Wildman–Crippen MR) is 81.3 cm³/mol. The minimum absolute atomic E-state index is 0.380. The Morgan fingerprint density at radius 3 is 2.16 bits per heavy atom. The van der Waals surface area contributed by atoms with E-state index in [1.54, 1.807) is 0 Å². The molecule has 3 heteroatoms. The molecule has 3 nitrogen and oxygen atoms in total. The van der Waals surface area contributed by atoms with Gasteiger partial charge in [0, 0.05) is 38.8 Å². The van der Waals surface area contributed by atoms with Crippen molar-refractivity contribution in [1.29, 1.82) is 0 Å². The van der Waals surface area contributed by atoms with Crippen LogP contribution < -0.4 is 5.73 Å². The minimum atomic E-state index is 0.380. The number of benzene rings is 1. The third-order valence-electron chi connectivity index (χ3n) is 4.29. The van der Waals surface area contributed by atoms with Crippen molar-refractivity contribution in [1.82, 2.24) is 9.80 Å². The number of rotatable bonds is 5. The van der Waals surface area contributed by atoms with E-state index in [0.717, 1.165) is 26.1 Å². The smallest absolute Gasteiger partial charge is 0.0471 e. The Balaban J connectivity index is 2.03. The third kappa shape index (κ3) is 3.56. The highest BCUT2D eigenvalue weighted by atomic mass is 15.3. The van der Waals surface area contributed by atoms with Gasteiger partial charge in [-0.2, -0.15) is 0 Å². The summed E-state index contributed by atoms with van der Waals surface area (Å²) < 4.78 is 0. The van der Waals surface area contributed by atoms with Crippen molar-refractivity contribution in [2.45, 2.75) is 26.3 Å². The van der Waals surface area contributed by atoms with Crippen molar-refractivity contribution in [2.24, 2.45) is 5.73 Å². The summed E-state index contributed by atoms with van der Waals surface area (Å²) in [6.07, 6.45) is 1.10. The first-order valence-corrected chi connectivity index (χ1v) is 7.53. The largest absolute Gasteiger partial charge is 0.329 e. The standard InChI is InChI=1S/C16H27N3/c1-3-14-5-7-15(8-6-14)16(13-17)19-11-9-18(4-2)10-12-19/h5-8,16H,3-4,9-13,17H2,1-2H3. The predicted octanol–water partition coefficient (Wildman–Crippen LogP) is 1.89. The first kappa shape index (κ1) is 14.5. The van der Waals surface area contributed by atoms with Crippen molar-refractivity contribution in [3.63, 3.8) is 0 Å². The lowest BCUT2D eigenvalue weighted by atomic mass is 10.0. The fourth-order valence-corrected chi connectivity index (χ4v) is 2.86. The van der Waals surface area contributed by atoms with Gasteiger partial charge in [0.1, 0.15) is 0 Å². The Morgan fingerprint density at radius 1 is 1.05 bits per heavy atom. The maximum Gasteiger partial charge on any atom is 0.0471 e. The molecule has 0 aliphatic carbocycles. The zero-order valence-corrected chi connectivity index (χ0v) is 12.3. The number of hydrogen-bond donors (Lipinski definition) is 1. The molecule has 106 valence electrons. The number of nitrogens with zero attached hydrogens (tertiary/aromatic N) is 2. The molecule has 1 fully saturated rings. The van der Waals surface area contributed by atoms with Crippen LogP contribution in [0.15, 0.2) is 24.3 Å². The van der Waals surface area contributed by atoms with Gasteiger partial charge in [0.05, 0.1) is 0 Å². The molecule has 1 unspecified atom stereocenters. The summed E-state index contributed by atoms with van der Waals surface area (Å²) in [7, 11) is 0. The summed E-state index contributed by atoms with van der Waals surface area (Å²) in [6, 6.07) is 9.36. The zero-order valence-electron chi connectivity index (χ0n) is 12.3. The molecular formula is C16H27N3. The summed E-state index contributed by atoms with van der Waals surface area (Å²) in [6.45, 7) is 10.9. The lowest BCUT2D eigenvalue weighted by Crippen LogP contribution is -2.48. The number of aryl methyl sites for hydroxylation is 1. The van der Waals surface area contributed by atoms with Crippen LogP contribution in [-0.2, 0) is 6.42 Å². The number of nitrogens with two attached hydrogens (primary N) is 1. The molecule has 0 spiro atoms. The molecule has 1 aromatic rings. The third-order valence-corrected chi connectivity index (χ3v) is 4.29. The Labute approximate surface area is 117 Å². The van der Waals surface area contributed by atoms with Crippen LogP contribution in [0.1, 0.15) is 31.0 Å². The minimum Gasteiger partial charge on any atom is -0.329 e. The summed E-state index contributed by atoms with van der Waals surface area (Å²) in [5, 5.41) is 0. The second-order valence-corrected chi connectivity index (χ2v) is 5.32. The number of piperazine rings is 1. The van der Waals surface area contributed by atoms with Crippen LogP contribution in [0.4, 0.5) is 0 Å². The molecule has 1 atom stereocenters. The van der Waals surface area contributed by atoms with Gasteiger partial charge in [0.15, 0.2) is 0 Å². The molecule has 1 aromatic carbocycles. The molecule has 0 amide bonds. The van der Waals surface area contributed by atoms with Crippen LogP contribution in [0.3, 0.4) is 0 Å². The lowest BCUT2D eigenvalue weighted by molar-refractivity contribution is 0.102. The van der Waals surface area contributed by atoms with E-state index in [1.807, 2.05) is 0 Å². The normalized spacial score (nSPS) is 19.5. The highest BCUT2D eigenvalue weighted by molar-refractivity contribution is 5.25. The molecule has 1 aliphatic rings. The summed E-state index contributed by atoms with van der Waals surface area (Å²) >= 11 is 0. The van der Waals surface area contributed by atoms with Gasteiger partial charge in [0.25, 0.3) is 0 Å². The van der Waals surface area contributed by atoms with Crippen molar-refractivity contribution in [3.8, 4) is 0 Å². The summed E-state index contributed by atoms with van der Waals surface area (Å²) in [5.41, 5.74) is 8.78. The fraction of sp³-hybridized carbons (Fsp3) is 0.625. The average Bonchev–Trinajstić information content (AvgIpc) is 2.49. The molecule has 2 rings (SSSR count). The van der Waals surface area contributed by atoms with Crippen LogP contribution in [0.25, 0.3) is 0 Å². The van der Waals surface area contributed by atoms with Gasteiger partial charge in [-0.15, -0.1) is 0 Å². The van der Waals surface area contributed by atoms with E-state index < -0.39 is 0 Å². The molecule has 1 saturated heterocycles. The number of likely N-dealkylation sites (N-methyl/N-ethyl adjacent to an activating group) is 1. The van der Waals surface area contributed by atoms with Crippen LogP contribution in [0.5, 0.6) is 0 Å². The molecule has 19 heavy (non-hydrogen) atoms. The number of hydrogen-bond acceptors (Lipinski definition) is 3.